The topological polar surface area (TPSA) is 63.2 Å². The first-order valence-corrected chi connectivity index (χ1v) is 13.3. The van der Waals surface area contributed by atoms with E-state index < -0.39 is 0 Å². The summed E-state index contributed by atoms with van der Waals surface area (Å²) >= 11 is 0. The molecule has 0 heterocycles. The van der Waals surface area contributed by atoms with Crippen molar-refractivity contribution in [2.45, 2.75) is 104 Å². The third-order valence-corrected chi connectivity index (χ3v) is 5.23. The van der Waals surface area contributed by atoms with Gasteiger partial charge >= 0.3 is 5.97 Å². The van der Waals surface area contributed by atoms with Crippen molar-refractivity contribution < 1.29 is 28.5 Å². The highest BCUT2D eigenvalue weighted by Gasteiger charge is 2.02. The average molecular weight is 461 g/mol. The van der Waals surface area contributed by atoms with Gasteiger partial charge in [0.15, 0.2) is 0 Å². The van der Waals surface area contributed by atoms with E-state index in [1.165, 1.54) is 64.2 Å². The molecule has 0 atom stereocenters. The van der Waals surface area contributed by atoms with Crippen molar-refractivity contribution in [1.29, 1.82) is 0 Å². The van der Waals surface area contributed by atoms with E-state index in [0.29, 0.717) is 59.3 Å². The first-order chi connectivity index (χ1) is 15.8. The number of carbonyl (C=O) groups excluding carboxylic acids is 1. The fourth-order valence-corrected chi connectivity index (χ4v) is 3.26. The number of carbonyl (C=O) groups is 1. The second-order valence-electron chi connectivity index (χ2n) is 8.31. The molecule has 0 bridgehead atoms. The van der Waals surface area contributed by atoms with Crippen LogP contribution in [0, 0.1) is 0 Å². The minimum Gasteiger partial charge on any atom is -0.463 e. The van der Waals surface area contributed by atoms with Crippen LogP contribution in [0.15, 0.2) is 0 Å². The summed E-state index contributed by atoms with van der Waals surface area (Å²) in [4.78, 5) is 11.6. The number of unbranched alkanes of at least 4 members (excludes halogenated alkanes) is 11. The zero-order valence-electron chi connectivity index (χ0n) is 21.2. The van der Waals surface area contributed by atoms with E-state index >= 15 is 0 Å². The quantitative estimate of drug-likeness (QED) is 0.109. The molecule has 6 nitrogen and oxygen atoms in total. The minimum atomic E-state index is -0.119. The van der Waals surface area contributed by atoms with Gasteiger partial charge < -0.3 is 23.7 Å². The standard InChI is InChI=1S/C26H52O6/c1-3-5-7-9-11-12-14-16-26(27)32-25-24-31-23-22-30-21-20-29-19-18-28-17-15-13-10-8-6-4-2/h3-25H2,1-2H3. The summed E-state index contributed by atoms with van der Waals surface area (Å²) < 4.78 is 27.1. The summed E-state index contributed by atoms with van der Waals surface area (Å²) in [6.07, 6.45) is 16.6. The second kappa shape index (κ2) is 28.3. The lowest BCUT2D eigenvalue weighted by molar-refractivity contribution is -0.145. The highest BCUT2D eigenvalue weighted by Crippen LogP contribution is 2.08. The van der Waals surface area contributed by atoms with Crippen molar-refractivity contribution in [2.24, 2.45) is 0 Å². The van der Waals surface area contributed by atoms with E-state index in [1.807, 2.05) is 0 Å². The smallest absolute Gasteiger partial charge is 0.305 e. The Bertz CT molecular complexity index is 364. The number of rotatable bonds is 27. The highest BCUT2D eigenvalue weighted by molar-refractivity contribution is 5.69. The molecule has 0 unspecified atom stereocenters. The molecule has 0 saturated carbocycles. The molecule has 32 heavy (non-hydrogen) atoms. The largest absolute Gasteiger partial charge is 0.463 e. The number of hydrogen-bond donors (Lipinski definition) is 0. The summed E-state index contributed by atoms with van der Waals surface area (Å²) in [5.74, 6) is -0.119. The SMILES string of the molecule is CCCCCCCCCC(=O)OCCOCCOCCOCCOCCCCCCCC. The van der Waals surface area contributed by atoms with Gasteiger partial charge in [-0.05, 0) is 12.8 Å². The van der Waals surface area contributed by atoms with Crippen LogP contribution in [-0.2, 0) is 28.5 Å². The lowest BCUT2D eigenvalue weighted by Crippen LogP contribution is -2.14. The first-order valence-electron chi connectivity index (χ1n) is 13.3. The molecule has 192 valence electrons. The Morgan fingerprint density at radius 3 is 1.31 bits per heavy atom. The summed E-state index contributed by atoms with van der Waals surface area (Å²) in [5.41, 5.74) is 0. The Morgan fingerprint density at radius 1 is 0.438 bits per heavy atom. The van der Waals surface area contributed by atoms with Gasteiger partial charge in [-0.2, -0.15) is 0 Å². The molecule has 0 saturated heterocycles. The molecule has 0 aromatic heterocycles. The maximum atomic E-state index is 11.6. The molecule has 0 radical (unpaired) electrons. The zero-order valence-corrected chi connectivity index (χ0v) is 21.2. The number of esters is 1. The molecule has 0 N–H and O–H groups in total. The van der Waals surface area contributed by atoms with E-state index in [-0.39, 0.29) is 5.97 Å². The summed E-state index contributed by atoms with van der Waals surface area (Å²) in [6.45, 7) is 9.41. The van der Waals surface area contributed by atoms with Gasteiger partial charge in [-0.3, -0.25) is 4.79 Å². The van der Waals surface area contributed by atoms with Gasteiger partial charge in [0, 0.05) is 13.0 Å². The molecule has 0 aromatic carbocycles. The second-order valence-corrected chi connectivity index (χ2v) is 8.31. The maximum absolute atomic E-state index is 11.6. The maximum Gasteiger partial charge on any atom is 0.305 e. The van der Waals surface area contributed by atoms with Crippen molar-refractivity contribution in [3.05, 3.63) is 0 Å². The Labute approximate surface area is 198 Å². The van der Waals surface area contributed by atoms with Gasteiger partial charge in [-0.15, -0.1) is 0 Å². The van der Waals surface area contributed by atoms with E-state index in [0.717, 1.165) is 25.9 Å². The third kappa shape index (κ3) is 27.3. The molecule has 0 rings (SSSR count). The molecular weight excluding hydrogens is 408 g/mol. The highest BCUT2D eigenvalue weighted by atomic mass is 16.6. The van der Waals surface area contributed by atoms with Crippen LogP contribution in [0.1, 0.15) is 104 Å². The van der Waals surface area contributed by atoms with Gasteiger partial charge in [-0.25, -0.2) is 0 Å². The van der Waals surface area contributed by atoms with Crippen molar-refractivity contribution in [3.8, 4) is 0 Å². The molecule has 0 amide bonds. The van der Waals surface area contributed by atoms with E-state index in [1.54, 1.807) is 0 Å². The van der Waals surface area contributed by atoms with E-state index in [9.17, 15) is 4.79 Å². The van der Waals surface area contributed by atoms with Gasteiger partial charge in [-0.1, -0.05) is 84.5 Å². The van der Waals surface area contributed by atoms with Gasteiger partial charge in [0.2, 0.25) is 0 Å². The minimum absolute atomic E-state index is 0.119. The molecule has 0 fully saturated rings. The average Bonchev–Trinajstić information content (AvgIpc) is 2.80. The fourth-order valence-electron chi connectivity index (χ4n) is 3.26. The van der Waals surface area contributed by atoms with Crippen LogP contribution in [0.5, 0.6) is 0 Å². The van der Waals surface area contributed by atoms with Gasteiger partial charge in [0.1, 0.15) is 6.61 Å². The Morgan fingerprint density at radius 2 is 0.812 bits per heavy atom. The zero-order chi connectivity index (χ0) is 23.4. The van der Waals surface area contributed by atoms with Crippen molar-refractivity contribution in [1.82, 2.24) is 0 Å². The van der Waals surface area contributed by atoms with Crippen LogP contribution >= 0.6 is 0 Å². The lowest BCUT2D eigenvalue weighted by atomic mass is 10.1. The molecular formula is C26H52O6. The molecule has 0 spiro atoms. The van der Waals surface area contributed by atoms with Crippen LogP contribution in [0.25, 0.3) is 0 Å². The molecule has 0 aliphatic heterocycles. The predicted octanol–water partition coefficient (Wildman–Crippen LogP) is 6.10. The Hall–Kier alpha value is -0.690. The van der Waals surface area contributed by atoms with Crippen LogP contribution in [0.2, 0.25) is 0 Å². The fraction of sp³-hybridized carbons (Fsp3) is 0.962. The van der Waals surface area contributed by atoms with Crippen LogP contribution in [0.4, 0.5) is 0 Å². The molecule has 6 heteroatoms. The van der Waals surface area contributed by atoms with Crippen LogP contribution < -0.4 is 0 Å². The van der Waals surface area contributed by atoms with E-state index in [2.05, 4.69) is 13.8 Å². The summed E-state index contributed by atoms with van der Waals surface area (Å²) in [6, 6.07) is 0. The Kier molecular flexibility index (Phi) is 27.7. The first kappa shape index (κ1) is 31.3. The Balaban J connectivity index is 3.10. The van der Waals surface area contributed by atoms with Gasteiger partial charge in [0.05, 0.1) is 46.2 Å². The summed E-state index contributed by atoms with van der Waals surface area (Å²) in [7, 11) is 0. The van der Waals surface area contributed by atoms with Crippen LogP contribution in [-0.4, -0.2) is 65.4 Å². The molecule has 0 aliphatic carbocycles. The number of hydrogen-bond acceptors (Lipinski definition) is 6. The number of ether oxygens (including phenoxy) is 5. The van der Waals surface area contributed by atoms with Gasteiger partial charge in [0.25, 0.3) is 0 Å². The van der Waals surface area contributed by atoms with Crippen molar-refractivity contribution in [2.75, 3.05) is 59.5 Å². The van der Waals surface area contributed by atoms with Crippen molar-refractivity contribution in [3.63, 3.8) is 0 Å². The molecule has 0 aliphatic rings. The lowest BCUT2D eigenvalue weighted by Gasteiger charge is -2.08. The molecule has 0 aromatic rings. The summed E-state index contributed by atoms with van der Waals surface area (Å²) in [5, 5.41) is 0. The normalized spacial score (nSPS) is 11.2. The van der Waals surface area contributed by atoms with Crippen molar-refractivity contribution >= 4 is 5.97 Å². The predicted molar refractivity (Wildman–Crippen MR) is 130 cm³/mol. The monoisotopic (exact) mass is 460 g/mol. The van der Waals surface area contributed by atoms with Crippen LogP contribution in [0.3, 0.4) is 0 Å². The van der Waals surface area contributed by atoms with E-state index in [4.69, 9.17) is 23.7 Å². The third-order valence-electron chi connectivity index (χ3n) is 5.23.